The molecule has 0 amide bonds. The normalized spacial score (nSPS) is 11.6. The highest BCUT2D eigenvalue weighted by atomic mass is 35.5. The maximum absolute atomic E-state index is 6.21. The number of para-hydroxylation sites is 1. The zero-order chi connectivity index (χ0) is 17.5. The molecule has 128 valence electrons. The van der Waals surface area contributed by atoms with Gasteiger partial charge in [-0.25, -0.2) is 4.98 Å². The van der Waals surface area contributed by atoms with Crippen molar-refractivity contribution in [3.8, 4) is 0 Å². The molecular formula is C20H15ClN4S. The summed E-state index contributed by atoms with van der Waals surface area (Å²) in [5.74, 6) is 0.876. The number of aromatic amines is 1. The quantitative estimate of drug-likeness (QED) is 0.463. The fourth-order valence-electron chi connectivity index (χ4n) is 3.45. The van der Waals surface area contributed by atoms with E-state index in [1.807, 2.05) is 6.07 Å². The Labute approximate surface area is 159 Å². The summed E-state index contributed by atoms with van der Waals surface area (Å²) >= 11 is 7.97. The predicted octanol–water partition coefficient (Wildman–Crippen LogP) is 5.27. The Morgan fingerprint density at radius 2 is 2.00 bits per heavy atom. The monoisotopic (exact) mass is 378 g/mol. The molecular weight excluding hydrogens is 364 g/mol. The highest BCUT2D eigenvalue weighted by Gasteiger charge is 2.12. The van der Waals surface area contributed by atoms with E-state index >= 15 is 0 Å². The van der Waals surface area contributed by atoms with Crippen LogP contribution in [0.4, 0.5) is 0 Å². The summed E-state index contributed by atoms with van der Waals surface area (Å²) in [4.78, 5) is 4.27. The number of hydrogen-bond donors (Lipinski definition) is 1. The molecule has 0 saturated carbocycles. The zero-order valence-electron chi connectivity index (χ0n) is 13.8. The number of benzene rings is 2. The number of nitrogens with one attached hydrogen (secondary N) is 1. The molecule has 26 heavy (non-hydrogen) atoms. The van der Waals surface area contributed by atoms with Crippen LogP contribution in [-0.4, -0.2) is 19.7 Å². The number of hydrogen-bond acceptors (Lipinski definition) is 3. The van der Waals surface area contributed by atoms with Crippen molar-refractivity contribution in [3.05, 3.63) is 82.3 Å². The molecule has 3 heterocycles. The van der Waals surface area contributed by atoms with Crippen molar-refractivity contribution in [3.63, 3.8) is 0 Å². The molecule has 5 rings (SSSR count). The summed E-state index contributed by atoms with van der Waals surface area (Å²) in [6.07, 6.45) is 4.51. The largest absolute Gasteiger partial charge is 0.343 e. The molecule has 0 spiro atoms. The molecule has 0 unspecified atom stereocenters. The van der Waals surface area contributed by atoms with E-state index in [0.29, 0.717) is 0 Å². The molecule has 0 aliphatic carbocycles. The van der Waals surface area contributed by atoms with Gasteiger partial charge in [0.25, 0.3) is 0 Å². The Morgan fingerprint density at radius 3 is 2.88 bits per heavy atom. The van der Waals surface area contributed by atoms with E-state index in [0.717, 1.165) is 23.8 Å². The van der Waals surface area contributed by atoms with E-state index in [2.05, 4.69) is 67.7 Å². The lowest BCUT2D eigenvalue weighted by Crippen LogP contribution is -1.97. The SMILES string of the molecule is Clc1ccc2scc(Cn3cc(Cc4ncn[nH]4)c4ccccc43)c2c1. The lowest BCUT2D eigenvalue weighted by Gasteiger charge is -2.05. The van der Waals surface area contributed by atoms with Gasteiger partial charge in [-0.1, -0.05) is 29.8 Å². The number of fused-ring (bicyclic) bond motifs is 2. The van der Waals surface area contributed by atoms with Crippen LogP contribution in [0.15, 0.2) is 60.4 Å². The minimum absolute atomic E-state index is 0.740. The fraction of sp³-hybridized carbons (Fsp3) is 0.100. The lowest BCUT2D eigenvalue weighted by atomic mass is 10.1. The Morgan fingerprint density at radius 1 is 1.08 bits per heavy atom. The van der Waals surface area contributed by atoms with Gasteiger partial charge in [-0.2, -0.15) is 5.10 Å². The molecule has 0 bridgehead atoms. The molecule has 0 atom stereocenters. The molecule has 0 radical (unpaired) electrons. The lowest BCUT2D eigenvalue weighted by molar-refractivity contribution is 0.838. The van der Waals surface area contributed by atoms with Gasteiger partial charge >= 0.3 is 0 Å². The summed E-state index contributed by atoms with van der Waals surface area (Å²) in [6.45, 7) is 0.817. The first-order valence-electron chi connectivity index (χ1n) is 8.34. The van der Waals surface area contributed by atoms with E-state index in [1.54, 1.807) is 17.7 Å². The van der Waals surface area contributed by atoms with E-state index in [4.69, 9.17) is 11.6 Å². The molecule has 5 aromatic rings. The summed E-state index contributed by atoms with van der Waals surface area (Å²) in [5.41, 5.74) is 3.76. The summed E-state index contributed by atoms with van der Waals surface area (Å²) in [7, 11) is 0. The van der Waals surface area contributed by atoms with Crippen molar-refractivity contribution in [1.82, 2.24) is 19.7 Å². The van der Waals surface area contributed by atoms with Crippen molar-refractivity contribution in [1.29, 1.82) is 0 Å². The van der Waals surface area contributed by atoms with E-state index in [9.17, 15) is 0 Å². The molecule has 0 fully saturated rings. The van der Waals surface area contributed by atoms with Gasteiger partial charge in [0.15, 0.2) is 0 Å². The van der Waals surface area contributed by atoms with E-state index in [-0.39, 0.29) is 0 Å². The fourth-order valence-corrected chi connectivity index (χ4v) is 4.56. The van der Waals surface area contributed by atoms with Gasteiger partial charge in [0, 0.05) is 39.8 Å². The molecule has 0 aliphatic heterocycles. The minimum Gasteiger partial charge on any atom is -0.343 e. The standard InChI is InChI=1S/C20H15ClN4S/c21-15-5-6-19-17(8-15)14(11-26-19)10-25-9-13(7-20-22-12-23-24-20)16-3-1-2-4-18(16)25/h1-6,8-9,11-12H,7,10H2,(H,22,23,24). The number of halogens is 1. The number of H-pyrrole nitrogens is 1. The van der Waals surface area contributed by atoms with Crippen LogP contribution in [0, 0.1) is 0 Å². The average molecular weight is 379 g/mol. The number of thiophene rings is 1. The van der Waals surface area contributed by atoms with Gasteiger partial charge in [0.1, 0.15) is 12.2 Å². The van der Waals surface area contributed by atoms with Gasteiger partial charge in [0.05, 0.1) is 0 Å². The van der Waals surface area contributed by atoms with Crippen LogP contribution in [0.3, 0.4) is 0 Å². The Bertz CT molecular complexity index is 1200. The first-order chi connectivity index (χ1) is 12.8. The van der Waals surface area contributed by atoms with Crippen LogP contribution in [0.2, 0.25) is 5.02 Å². The van der Waals surface area contributed by atoms with Crippen LogP contribution in [-0.2, 0) is 13.0 Å². The molecule has 0 saturated heterocycles. The molecule has 1 N–H and O–H groups in total. The number of rotatable bonds is 4. The topological polar surface area (TPSA) is 46.5 Å². The molecule has 0 aliphatic rings. The van der Waals surface area contributed by atoms with Gasteiger partial charge in [-0.15, -0.1) is 11.3 Å². The average Bonchev–Trinajstić information content (AvgIpc) is 3.37. The van der Waals surface area contributed by atoms with Gasteiger partial charge < -0.3 is 4.57 Å². The summed E-state index contributed by atoms with van der Waals surface area (Å²) in [6, 6.07) is 14.6. The Balaban J connectivity index is 1.59. The van der Waals surface area contributed by atoms with Gasteiger partial charge in [0.2, 0.25) is 0 Å². The second-order valence-corrected chi connectivity index (χ2v) is 7.66. The third-order valence-corrected chi connectivity index (χ3v) is 5.90. The predicted molar refractivity (Wildman–Crippen MR) is 107 cm³/mol. The van der Waals surface area contributed by atoms with Crippen LogP contribution in [0.1, 0.15) is 17.0 Å². The van der Waals surface area contributed by atoms with Crippen molar-refractivity contribution < 1.29 is 0 Å². The van der Waals surface area contributed by atoms with Crippen LogP contribution in [0.25, 0.3) is 21.0 Å². The molecule has 4 nitrogen and oxygen atoms in total. The summed E-state index contributed by atoms with van der Waals surface area (Å²) < 4.78 is 3.58. The zero-order valence-corrected chi connectivity index (χ0v) is 15.4. The highest BCUT2D eigenvalue weighted by molar-refractivity contribution is 7.17. The van der Waals surface area contributed by atoms with E-state index < -0.39 is 0 Å². The van der Waals surface area contributed by atoms with Crippen molar-refractivity contribution in [2.45, 2.75) is 13.0 Å². The third kappa shape index (κ3) is 2.69. The summed E-state index contributed by atoms with van der Waals surface area (Å²) in [5, 5.41) is 12.4. The highest BCUT2D eigenvalue weighted by Crippen LogP contribution is 2.31. The van der Waals surface area contributed by atoms with Crippen LogP contribution >= 0.6 is 22.9 Å². The first kappa shape index (κ1) is 15.6. The van der Waals surface area contributed by atoms with Gasteiger partial charge in [-0.05, 0) is 46.2 Å². The van der Waals surface area contributed by atoms with Gasteiger partial charge in [-0.3, -0.25) is 5.10 Å². The molecule has 6 heteroatoms. The van der Waals surface area contributed by atoms with Crippen molar-refractivity contribution in [2.75, 3.05) is 0 Å². The maximum Gasteiger partial charge on any atom is 0.137 e. The number of nitrogens with zero attached hydrogens (tertiary/aromatic N) is 3. The molecule has 3 aromatic heterocycles. The second-order valence-electron chi connectivity index (χ2n) is 6.31. The van der Waals surface area contributed by atoms with Crippen molar-refractivity contribution in [2.24, 2.45) is 0 Å². The van der Waals surface area contributed by atoms with Crippen LogP contribution < -0.4 is 0 Å². The van der Waals surface area contributed by atoms with E-state index in [1.165, 1.54) is 32.1 Å². The molecule has 2 aromatic carbocycles. The van der Waals surface area contributed by atoms with Crippen LogP contribution in [0.5, 0.6) is 0 Å². The van der Waals surface area contributed by atoms with Crippen molar-refractivity contribution >= 4 is 43.9 Å². The Hall–Kier alpha value is -2.63. The Kier molecular flexibility index (Phi) is 3.76. The second kappa shape index (κ2) is 6.27. The first-order valence-corrected chi connectivity index (χ1v) is 9.60. The smallest absolute Gasteiger partial charge is 0.137 e. The minimum atomic E-state index is 0.740. The third-order valence-electron chi connectivity index (χ3n) is 4.65. The maximum atomic E-state index is 6.21. The number of aromatic nitrogens is 4.